The Balaban J connectivity index is 1.98. The van der Waals surface area contributed by atoms with E-state index in [9.17, 15) is 8.42 Å². The van der Waals surface area contributed by atoms with Gasteiger partial charge in [-0.05, 0) is 38.1 Å². The molecule has 5 nitrogen and oxygen atoms in total. The van der Waals surface area contributed by atoms with E-state index in [1.54, 1.807) is 36.7 Å². The molecule has 0 saturated heterocycles. The SMILES string of the molecule is Cc1nn(Cc2c(Cl)cccc2Cl)c(C)c1NS(=O)(=O)c1cc(Cl)c(Cl)cc1Cl. The first-order valence-electron chi connectivity index (χ1n) is 8.15. The third-order valence-corrected chi connectivity index (χ3v) is 7.50. The number of sulfonamides is 1. The molecular formula is C18H14Cl5N3O2S. The van der Waals surface area contributed by atoms with E-state index in [0.717, 1.165) is 0 Å². The molecule has 1 N–H and O–H groups in total. The van der Waals surface area contributed by atoms with E-state index in [1.807, 2.05) is 0 Å². The van der Waals surface area contributed by atoms with Gasteiger partial charge in [0.05, 0.1) is 38.7 Å². The predicted octanol–water partition coefficient (Wildman–Crippen LogP) is 6.62. The largest absolute Gasteiger partial charge is 0.276 e. The van der Waals surface area contributed by atoms with Crippen LogP contribution in [0.25, 0.3) is 0 Å². The molecule has 29 heavy (non-hydrogen) atoms. The highest BCUT2D eigenvalue weighted by atomic mass is 35.5. The highest BCUT2D eigenvalue weighted by Gasteiger charge is 2.24. The van der Waals surface area contributed by atoms with E-state index in [2.05, 4.69) is 9.82 Å². The highest BCUT2D eigenvalue weighted by Crippen LogP contribution is 2.34. The third-order valence-electron chi connectivity index (χ3n) is 4.25. The van der Waals surface area contributed by atoms with Gasteiger partial charge in [-0.2, -0.15) is 5.10 Å². The van der Waals surface area contributed by atoms with Gasteiger partial charge in [0.2, 0.25) is 0 Å². The van der Waals surface area contributed by atoms with Crippen LogP contribution < -0.4 is 4.72 Å². The van der Waals surface area contributed by atoms with Gasteiger partial charge in [-0.15, -0.1) is 0 Å². The Bertz CT molecular complexity index is 1190. The van der Waals surface area contributed by atoms with Crippen molar-refractivity contribution in [3.05, 3.63) is 72.4 Å². The number of nitrogens with zero attached hydrogens (tertiary/aromatic N) is 2. The molecule has 0 spiro atoms. The number of nitrogens with one attached hydrogen (secondary N) is 1. The summed E-state index contributed by atoms with van der Waals surface area (Å²) < 4.78 is 29.9. The van der Waals surface area contributed by atoms with E-state index in [4.69, 9.17) is 58.0 Å². The summed E-state index contributed by atoms with van der Waals surface area (Å²) in [4.78, 5) is -0.186. The van der Waals surface area contributed by atoms with Crippen LogP contribution in [0.15, 0.2) is 35.2 Å². The average molecular weight is 514 g/mol. The summed E-state index contributed by atoms with van der Waals surface area (Å²) in [5.74, 6) is 0. The van der Waals surface area contributed by atoms with E-state index >= 15 is 0 Å². The van der Waals surface area contributed by atoms with Gasteiger partial charge in [-0.3, -0.25) is 9.40 Å². The van der Waals surface area contributed by atoms with Gasteiger partial charge in [0, 0.05) is 15.6 Å². The van der Waals surface area contributed by atoms with Gasteiger partial charge in [-0.25, -0.2) is 8.42 Å². The second-order valence-electron chi connectivity index (χ2n) is 6.21. The molecule has 0 aliphatic rings. The van der Waals surface area contributed by atoms with Crippen LogP contribution in [0.5, 0.6) is 0 Å². The number of rotatable bonds is 5. The number of hydrogen-bond acceptors (Lipinski definition) is 3. The van der Waals surface area contributed by atoms with Gasteiger partial charge in [0.25, 0.3) is 10.0 Å². The third kappa shape index (κ3) is 4.63. The molecule has 11 heteroatoms. The lowest BCUT2D eigenvalue weighted by Crippen LogP contribution is -2.15. The zero-order valence-electron chi connectivity index (χ0n) is 15.1. The minimum absolute atomic E-state index is 0.0440. The Morgan fingerprint density at radius 1 is 0.931 bits per heavy atom. The van der Waals surface area contributed by atoms with Gasteiger partial charge in [-0.1, -0.05) is 64.1 Å². The lowest BCUT2D eigenvalue weighted by Gasteiger charge is -2.12. The minimum atomic E-state index is -4.03. The fourth-order valence-electron chi connectivity index (χ4n) is 2.73. The van der Waals surface area contributed by atoms with Gasteiger partial charge < -0.3 is 0 Å². The summed E-state index contributed by atoms with van der Waals surface area (Å²) >= 11 is 30.4. The van der Waals surface area contributed by atoms with Crippen molar-refractivity contribution in [1.82, 2.24) is 9.78 Å². The molecule has 3 rings (SSSR count). The zero-order chi connectivity index (χ0) is 21.5. The van der Waals surface area contributed by atoms with Crippen molar-refractivity contribution < 1.29 is 8.42 Å². The van der Waals surface area contributed by atoms with E-state index in [0.29, 0.717) is 32.7 Å². The summed E-state index contributed by atoms with van der Waals surface area (Å²) in [7, 11) is -4.03. The van der Waals surface area contributed by atoms with Crippen molar-refractivity contribution in [3.63, 3.8) is 0 Å². The molecular weight excluding hydrogens is 500 g/mol. The first-order chi connectivity index (χ1) is 13.5. The van der Waals surface area contributed by atoms with Gasteiger partial charge in [0.15, 0.2) is 0 Å². The normalized spacial score (nSPS) is 11.7. The van der Waals surface area contributed by atoms with E-state index in [-0.39, 0.29) is 26.5 Å². The molecule has 0 bridgehead atoms. The summed E-state index contributed by atoms with van der Waals surface area (Å²) in [6, 6.07) is 7.68. The highest BCUT2D eigenvalue weighted by molar-refractivity contribution is 7.92. The molecule has 1 heterocycles. The Morgan fingerprint density at radius 2 is 1.52 bits per heavy atom. The summed E-state index contributed by atoms with van der Waals surface area (Å²) in [6.45, 7) is 3.70. The molecule has 0 aliphatic carbocycles. The van der Waals surface area contributed by atoms with Crippen molar-refractivity contribution in [1.29, 1.82) is 0 Å². The van der Waals surface area contributed by atoms with Crippen LogP contribution in [-0.4, -0.2) is 18.2 Å². The fourth-order valence-corrected chi connectivity index (χ4v) is 5.43. The maximum atomic E-state index is 12.9. The van der Waals surface area contributed by atoms with Crippen LogP contribution in [0.1, 0.15) is 17.0 Å². The number of benzene rings is 2. The van der Waals surface area contributed by atoms with E-state index in [1.165, 1.54) is 12.1 Å². The lowest BCUT2D eigenvalue weighted by molar-refractivity contribution is 0.601. The number of aryl methyl sites for hydroxylation is 1. The molecule has 0 atom stereocenters. The molecule has 2 aromatic carbocycles. The van der Waals surface area contributed by atoms with Crippen LogP contribution in [0.2, 0.25) is 25.1 Å². The molecule has 0 saturated carbocycles. The first kappa shape index (κ1) is 22.5. The predicted molar refractivity (Wildman–Crippen MR) is 120 cm³/mol. The fraction of sp³-hybridized carbons (Fsp3) is 0.167. The van der Waals surface area contributed by atoms with Gasteiger partial charge in [0.1, 0.15) is 4.90 Å². The molecule has 0 unspecified atom stereocenters. The van der Waals surface area contributed by atoms with Crippen molar-refractivity contribution in [2.45, 2.75) is 25.3 Å². The molecule has 0 radical (unpaired) electrons. The maximum Gasteiger partial charge on any atom is 0.263 e. The van der Waals surface area contributed by atoms with Crippen LogP contribution in [0.4, 0.5) is 5.69 Å². The van der Waals surface area contributed by atoms with Crippen molar-refractivity contribution in [2.75, 3.05) is 4.72 Å². The smallest absolute Gasteiger partial charge is 0.263 e. The Hall–Kier alpha value is -1.15. The Morgan fingerprint density at radius 3 is 2.14 bits per heavy atom. The maximum absolute atomic E-state index is 12.9. The molecule has 0 aliphatic heterocycles. The molecule has 0 amide bonds. The molecule has 1 aromatic heterocycles. The topological polar surface area (TPSA) is 64.0 Å². The summed E-state index contributed by atoms with van der Waals surface area (Å²) in [6.07, 6.45) is 0. The van der Waals surface area contributed by atoms with Crippen molar-refractivity contribution in [2.24, 2.45) is 0 Å². The Kier molecular flexibility index (Phi) is 6.63. The number of hydrogen-bond donors (Lipinski definition) is 1. The second-order valence-corrected chi connectivity index (χ2v) is 9.89. The van der Waals surface area contributed by atoms with Crippen LogP contribution in [-0.2, 0) is 16.6 Å². The molecule has 3 aromatic rings. The zero-order valence-corrected chi connectivity index (χ0v) is 19.7. The molecule has 0 fully saturated rings. The number of halogens is 5. The van der Waals surface area contributed by atoms with Gasteiger partial charge >= 0.3 is 0 Å². The van der Waals surface area contributed by atoms with Crippen LogP contribution >= 0.6 is 58.0 Å². The summed E-state index contributed by atoms with van der Waals surface area (Å²) in [5.41, 5.74) is 2.07. The molecule has 154 valence electrons. The standard InChI is InChI=1S/C18H14Cl5N3O2S/c1-9-18(25-29(27,28)17-7-15(22)14(21)6-16(17)23)10(2)26(24-9)8-11-12(19)4-3-5-13(11)20/h3-7,25H,8H2,1-2H3. The van der Waals surface area contributed by atoms with Crippen molar-refractivity contribution >= 4 is 73.7 Å². The van der Waals surface area contributed by atoms with Crippen molar-refractivity contribution in [3.8, 4) is 0 Å². The quantitative estimate of drug-likeness (QED) is 0.390. The number of aromatic nitrogens is 2. The van der Waals surface area contributed by atoms with Crippen LogP contribution in [0.3, 0.4) is 0 Å². The monoisotopic (exact) mass is 511 g/mol. The number of anilines is 1. The summed E-state index contributed by atoms with van der Waals surface area (Å²) in [5, 5.41) is 5.60. The lowest BCUT2D eigenvalue weighted by atomic mass is 10.2. The minimum Gasteiger partial charge on any atom is -0.276 e. The first-order valence-corrected chi connectivity index (χ1v) is 11.5. The Labute approximate surface area is 193 Å². The average Bonchev–Trinajstić information content (AvgIpc) is 2.88. The van der Waals surface area contributed by atoms with Crippen LogP contribution in [0, 0.1) is 13.8 Å². The van der Waals surface area contributed by atoms with E-state index < -0.39 is 10.0 Å². The second kappa shape index (κ2) is 8.53.